The second-order valence-electron chi connectivity index (χ2n) is 4.87. The molecule has 1 heterocycles. The van der Waals surface area contributed by atoms with Crippen LogP contribution in [0, 0.1) is 6.92 Å². The highest BCUT2D eigenvalue weighted by Crippen LogP contribution is 2.31. The minimum absolute atomic E-state index is 0.259. The van der Waals surface area contributed by atoms with Gasteiger partial charge in [0.2, 0.25) is 5.91 Å². The van der Waals surface area contributed by atoms with Gasteiger partial charge in [0.15, 0.2) is 0 Å². The van der Waals surface area contributed by atoms with Gasteiger partial charge in [-0.2, -0.15) is 0 Å². The molecular weight excluding hydrogens is 318 g/mol. The molecule has 2 amide bonds. The zero-order chi connectivity index (χ0) is 17.0. The molecule has 2 rings (SSSR count). The summed E-state index contributed by atoms with van der Waals surface area (Å²) in [6.45, 7) is 3.20. The van der Waals surface area contributed by atoms with E-state index >= 15 is 0 Å². The molecule has 23 heavy (non-hydrogen) atoms. The Balaban J connectivity index is 2.25. The Morgan fingerprint density at radius 1 is 1.22 bits per heavy atom. The fourth-order valence-electron chi connectivity index (χ4n) is 1.94. The number of benzene rings is 1. The third-order valence-corrected chi connectivity index (χ3v) is 3.46. The molecule has 0 fully saturated rings. The van der Waals surface area contributed by atoms with Gasteiger partial charge in [0, 0.05) is 29.8 Å². The zero-order valence-corrected chi connectivity index (χ0v) is 13.7. The molecule has 0 aliphatic rings. The number of carbonyl (C=O) groups excluding carboxylic acids is 2. The molecule has 1 aromatic carbocycles. The summed E-state index contributed by atoms with van der Waals surface area (Å²) in [6.07, 6.45) is 1.45. The molecular formula is C16H16ClN3O3. The first kappa shape index (κ1) is 16.8. The van der Waals surface area contributed by atoms with Crippen molar-refractivity contribution in [1.82, 2.24) is 4.98 Å². The standard InChI is InChI=1S/C16H16ClN3O3/c1-9-6-13(14(23-3)8-12(9)17)20-16(22)11-4-5-18-15(7-11)19-10(2)21/h4-8H,1-3H3,(H,20,22)(H,18,19,21). The van der Waals surface area contributed by atoms with Crippen LogP contribution in [0.2, 0.25) is 5.02 Å². The molecule has 6 nitrogen and oxygen atoms in total. The first-order chi connectivity index (χ1) is 10.9. The van der Waals surface area contributed by atoms with Gasteiger partial charge in [0.1, 0.15) is 11.6 Å². The third-order valence-electron chi connectivity index (χ3n) is 3.06. The fourth-order valence-corrected chi connectivity index (χ4v) is 2.10. The minimum Gasteiger partial charge on any atom is -0.495 e. The Bertz CT molecular complexity index is 762. The van der Waals surface area contributed by atoms with Crippen molar-refractivity contribution in [2.75, 3.05) is 17.7 Å². The maximum atomic E-state index is 12.4. The van der Waals surface area contributed by atoms with Crippen LogP contribution >= 0.6 is 11.6 Å². The largest absolute Gasteiger partial charge is 0.495 e. The smallest absolute Gasteiger partial charge is 0.255 e. The lowest BCUT2D eigenvalue weighted by Gasteiger charge is -2.12. The molecule has 0 unspecified atom stereocenters. The monoisotopic (exact) mass is 333 g/mol. The molecule has 0 saturated heterocycles. The molecule has 7 heteroatoms. The Morgan fingerprint density at radius 3 is 2.61 bits per heavy atom. The summed E-state index contributed by atoms with van der Waals surface area (Å²) in [5, 5.41) is 5.85. The Morgan fingerprint density at radius 2 is 1.96 bits per heavy atom. The predicted octanol–water partition coefficient (Wildman–Crippen LogP) is 3.26. The Hall–Kier alpha value is -2.60. The zero-order valence-electron chi connectivity index (χ0n) is 12.9. The van der Waals surface area contributed by atoms with Crippen LogP contribution in [-0.4, -0.2) is 23.9 Å². The number of nitrogens with zero attached hydrogens (tertiary/aromatic N) is 1. The van der Waals surface area contributed by atoms with E-state index in [9.17, 15) is 9.59 Å². The summed E-state index contributed by atoms with van der Waals surface area (Å²) >= 11 is 6.05. The van der Waals surface area contributed by atoms with Crippen molar-refractivity contribution in [3.63, 3.8) is 0 Å². The van der Waals surface area contributed by atoms with Crippen molar-refractivity contribution in [2.45, 2.75) is 13.8 Å². The number of aromatic nitrogens is 1. The highest BCUT2D eigenvalue weighted by molar-refractivity contribution is 6.31. The van der Waals surface area contributed by atoms with Gasteiger partial charge in [-0.15, -0.1) is 0 Å². The number of anilines is 2. The lowest BCUT2D eigenvalue weighted by molar-refractivity contribution is -0.114. The van der Waals surface area contributed by atoms with E-state index in [1.165, 1.54) is 26.3 Å². The van der Waals surface area contributed by atoms with E-state index in [-0.39, 0.29) is 11.8 Å². The van der Waals surface area contributed by atoms with E-state index in [2.05, 4.69) is 15.6 Å². The number of nitrogens with one attached hydrogen (secondary N) is 2. The normalized spacial score (nSPS) is 10.1. The number of pyridine rings is 1. The van der Waals surface area contributed by atoms with E-state index in [4.69, 9.17) is 16.3 Å². The number of methoxy groups -OCH3 is 1. The number of halogens is 1. The van der Waals surface area contributed by atoms with Crippen molar-refractivity contribution >= 4 is 34.9 Å². The average Bonchev–Trinajstić information content (AvgIpc) is 2.50. The van der Waals surface area contributed by atoms with Crippen LogP contribution < -0.4 is 15.4 Å². The highest BCUT2D eigenvalue weighted by atomic mass is 35.5. The minimum atomic E-state index is -0.348. The van der Waals surface area contributed by atoms with E-state index in [1.54, 1.807) is 18.2 Å². The molecule has 2 N–H and O–H groups in total. The second-order valence-corrected chi connectivity index (χ2v) is 5.27. The van der Waals surface area contributed by atoms with Crippen LogP contribution in [0.4, 0.5) is 11.5 Å². The summed E-state index contributed by atoms with van der Waals surface area (Å²) in [4.78, 5) is 27.4. The van der Waals surface area contributed by atoms with Crippen LogP contribution in [-0.2, 0) is 4.79 Å². The molecule has 1 aromatic heterocycles. The van der Waals surface area contributed by atoms with Crippen LogP contribution in [0.3, 0.4) is 0 Å². The van der Waals surface area contributed by atoms with Crippen LogP contribution in [0.5, 0.6) is 5.75 Å². The summed E-state index contributed by atoms with van der Waals surface area (Å²) in [5.74, 6) is 0.165. The lowest BCUT2D eigenvalue weighted by Crippen LogP contribution is -2.14. The number of ether oxygens (including phenoxy) is 1. The SMILES string of the molecule is COc1cc(Cl)c(C)cc1NC(=O)c1ccnc(NC(C)=O)c1. The average molecular weight is 334 g/mol. The number of hydrogen-bond donors (Lipinski definition) is 2. The van der Waals surface area contributed by atoms with Gasteiger partial charge in [-0.1, -0.05) is 11.6 Å². The summed E-state index contributed by atoms with van der Waals surface area (Å²) in [7, 11) is 1.50. The van der Waals surface area contributed by atoms with Gasteiger partial charge in [0.25, 0.3) is 5.91 Å². The molecule has 0 aliphatic heterocycles. The molecule has 0 aliphatic carbocycles. The van der Waals surface area contributed by atoms with E-state index < -0.39 is 0 Å². The third kappa shape index (κ3) is 4.20. The first-order valence-electron chi connectivity index (χ1n) is 6.80. The second kappa shape index (κ2) is 7.11. The van der Waals surface area contributed by atoms with Gasteiger partial charge >= 0.3 is 0 Å². The van der Waals surface area contributed by atoms with E-state index in [1.807, 2.05) is 6.92 Å². The van der Waals surface area contributed by atoms with Crippen molar-refractivity contribution in [3.8, 4) is 5.75 Å². The number of hydrogen-bond acceptors (Lipinski definition) is 4. The van der Waals surface area contributed by atoms with Gasteiger partial charge in [-0.3, -0.25) is 9.59 Å². The molecule has 0 atom stereocenters. The predicted molar refractivity (Wildman–Crippen MR) is 89.2 cm³/mol. The van der Waals surface area contributed by atoms with Crippen molar-refractivity contribution in [1.29, 1.82) is 0 Å². The van der Waals surface area contributed by atoms with Crippen molar-refractivity contribution in [3.05, 3.63) is 46.6 Å². The van der Waals surface area contributed by atoms with Crippen LogP contribution in [0.15, 0.2) is 30.5 Å². The molecule has 0 radical (unpaired) electrons. The van der Waals surface area contributed by atoms with Gasteiger partial charge in [-0.05, 0) is 30.7 Å². The number of carbonyl (C=O) groups is 2. The van der Waals surface area contributed by atoms with Gasteiger partial charge < -0.3 is 15.4 Å². The quantitative estimate of drug-likeness (QED) is 0.900. The van der Waals surface area contributed by atoms with Crippen molar-refractivity contribution in [2.24, 2.45) is 0 Å². The summed E-state index contributed by atoms with van der Waals surface area (Å²) in [5.41, 5.74) is 1.69. The first-order valence-corrected chi connectivity index (χ1v) is 7.17. The molecule has 0 bridgehead atoms. The number of aryl methyl sites for hydroxylation is 1. The Kier molecular flexibility index (Phi) is 5.18. The summed E-state index contributed by atoms with van der Waals surface area (Å²) in [6, 6.07) is 6.42. The molecule has 120 valence electrons. The van der Waals surface area contributed by atoms with E-state index in [0.29, 0.717) is 27.8 Å². The number of amides is 2. The lowest BCUT2D eigenvalue weighted by atomic mass is 10.2. The highest BCUT2D eigenvalue weighted by Gasteiger charge is 2.13. The Labute approximate surface area is 138 Å². The molecule has 0 spiro atoms. The maximum absolute atomic E-state index is 12.4. The fraction of sp³-hybridized carbons (Fsp3) is 0.188. The summed E-state index contributed by atoms with van der Waals surface area (Å²) < 4.78 is 5.23. The van der Waals surface area contributed by atoms with Crippen molar-refractivity contribution < 1.29 is 14.3 Å². The van der Waals surface area contributed by atoms with Gasteiger partial charge in [0.05, 0.1) is 12.8 Å². The van der Waals surface area contributed by atoms with Gasteiger partial charge in [-0.25, -0.2) is 4.98 Å². The molecule has 2 aromatic rings. The molecule has 0 saturated carbocycles. The topological polar surface area (TPSA) is 80.3 Å². The van der Waals surface area contributed by atoms with Crippen LogP contribution in [0.25, 0.3) is 0 Å². The number of rotatable bonds is 4. The van der Waals surface area contributed by atoms with E-state index in [0.717, 1.165) is 5.56 Å². The maximum Gasteiger partial charge on any atom is 0.255 e. The van der Waals surface area contributed by atoms with Crippen LogP contribution in [0.1, 0.15) is 22.8 Å².